The van der Waals surface area contributed by atoms with Crippen molar-refractivity contribution in [1.29, 1.82) is 0 Å². The van der Waals surface area contributed by atoms with Gasteiger partial charge in [-0.3, -0.25) is 4.79 Å². The predicted octanol–water partition coefficient (Wildman–Crippen LogP) is 4.94. The molecule has 0 aliphatic carbocycles. The number of rotatable bonds is 6. The Bertz CT molecular complexity index is 907. The van der Waals surface area contributed by atoms with Gasteiger partial charge in [0, 0.05) is 0 Å². The van der Waals surface area contributed by atoms with E-state index in [4.69, 9.17) is 21.1 Å². The van der Waals surface area contributed by atoms with Crippen molar-refractivity contribution in [1.82, 2.24) is 0 Å². The summed E-state index contributed by atoms with van der Waals surface area (Å²) in [5.74, 6) is 0.887. The minimum absolute atomic E-state index is 0.179. The van der Waals surface area contributed by atoms with E-state index in [9.17, 15) is 4.79 Å². The minimum Gasteiger partial charge on any atom is -0.490 e. The van der Waals surface area contributed by atoms with E-state index in [0.717, 1.165) is 11.3 Å². The molecule has 1 aliphatic rings. The lowest BCUT2D eigenvalue weighted by Gasteiger charge is -2.14. The largest absolute Gasteiger partial charge is 0.490 e. The normalized spacial score (nSPS) is 15.3. The van der Waals surface area contributed by atoms with Gasteiger partial charge in [0.05, 0.1) is 35.2 Å². The Morgan fingerprint density at radius 2 is 1.81 bits per heavy atom. The maximum absolute atomic E-state index is 12.8. The van der Waals surface area contributed by atoms with Crippen molar-refractivity contribution in [2.24, 2.45) is 5.10 Å². The summed E-state index contributed by atoms with van der Waals surface area (Å²) >= 11 is 6.37. The van der Waals surface area contributed by atoms with Crippen molar-refractivity contribution in [3.05, 3.63) is 58.6 Å². The van der Waals surface area contributed by atoms with Crippen molar-refractivity contribution >= 4 is 35.0 Å². The minimum atomic E-state index is -0.179. The molecular formula is C21H21ClN2O3. The fourth-order valence-electron chi connectivity index (χ4n) is 2.81. The van der Waals surface area contributed by atoms with Crippen LogP contribution in [0.5, 0.6) is 11.5 Å². The molecule has 5 nitrogen and oxygen atoms in total. The molecule has 1 aliphatic heterocycles. The third kappa shape index (κ3) is 3.98. The highest BCUT2D eigenvalue weighted by Gasteiger charge is 2.28. The molecule has 3 rings (SSSR count). The van der Waals surface area contributed by atoms with Gasteiger partial charge in [-0.05, 0) is 56.7 Å². The number of hydrogen-bond donors (Lipinski definition) is 0. The molecule has 0 saturated heterocycles. The number of nitrogens with zero attached hydrogens (tertiary/aromatic N) is 2. The Kier molecular flexibility index (Phi) is 5.81. The molecule has 6 heteroatoms. The summed E-state index contributed by atoms with van der Waals surface area (Å²) in [7, 11) is 0. The number of carbonyl (C=O) groups is 1. The first-order chi connectivity index (χ1) is 13.0. The molecule has 0 bridgehead atoms. The zero-order valence-electron chi connectivity index (χ0n) is 15.5. The van der Waals surface area contributed by atoms with Gasteiger partial charge in [-0.2, -0.15) is 10.1 Å². The van der Waals surface area contributed by atoms with Crippen LogP contribution in [0.3, 0.4) is 0 Å². The second-order valence-electron chi connectivity index (χ2n) is 5.89. The molecule has 140 valence electrons. The van der Waals surface area contributed by atoms with Crippen LogP contribution in [0.1, 0.15) is 26.3 Å². The molecule has 2 aromatic rings. The van der Waals surface area contributed by atoms with Crippen LogP contribution in [-0.2, 0) is 4.79 Å². The number of hydrazone groups is 1. The number of anilines is 1. The maximum atomic E-state index is 12.8. The first-order valence-corrected chi connectivity index (χ1v) is 9.18. The number of ether oxygens (including phenoxy) is 2. The summed E-state index contributed by atoms with van der Waals surface area (Å²) in [4.78, 5) is 12.8. The Morgan fingerprint density at radius 3 is 2.48 bits per heavy atom. The van der Waals surface area contributed by atoms with Crippen molar-refractivity contribution < 1.29 is 14.3 Å². The third-order valence-corrected chi connectivity index (χ3v) is 4.28. The van der Waals surface area contributed by atoms with Crippen LogP contribution in [0.15, 0.2) is 53.1 Å². The van der Waals surface area contributed by atoms with E-state index in [1.807, 2.05) is 57.2 Å². The van der Waals surface area contributed by atoms with Gasteiger partial charge in [0.1, 0.15) is 0 Å². The summed E-state index contributed by atoms with van der Waals surface area (Å²) < 4.78 is 11.2. The van der Waals surface area contributed by atoms with Gasteiger partial charge in [-0.25, -0.2) is 0 Å². The van der Waals surface area contributed by atoms with Crippen molar-refractivity contribution in [3.63, 3.8) is 0 Å². The Hall–Kier alpha value is -2.79. The van der Waals surface area contributed by atoms with Gasteiger partial charge in [-0.1, -0.05) is 29.8 Å². The lowest BCUT2D eigenvalue weighted by atomic mass is 10.1. The lowest BCUT2D eigenvalue weighted by molar-refractivity contribution is -0.114. The number of halogens is 1. The van der Waals surface area contributed by atoms with Crippen molar-refractivity contribution in [2.75, 3.05) is 18.2 Å². The highest BCUT2D eigenvalue weighted by molar-refractivity contribution is 6.33. The summed E-state index contributed by atoms with van der Waals surface area (Å²) in [5, 5.41) is 6.23. The van der Waals surface area contributed by atoms with Gasteiger partial charge in [0.2, 0.25) is 0 Å². The zero-order chi connectivity index (χ0) is 19.4. The Balaban J connectivity index is 1.97. The van der Waals surface area contributed by atoms with Gasteiger partial charge < -0.3 is 9.47 Å². The molecule has 0 fully saturated rings. The molecular weight excluding hydrogens is 364 g/mol. The van der Waals surface area contributed by atoms with E-state index in [1.54, 1.807) is 12.1 Å². The number of para-hydroxylation sites is 1. The van der Waals surface area contributed by atoms with Gasteiger partial charge in [0.25, 0.3) is 5.91 Å². The second-order valence-corrected chi connectivity index (χ2v) is 6.30. The van der Waals surface area contributed by atoms with E-state index in [2.05, 4.69) is 5.10 Å². The molecule has 0 spiro atoms. The van der Waals surface area contributed by atoms with Crippen LogP contribution in [0.4, 0.5) is 5.69 Å². The van der Waals surface area contributed by atoms with Crippen LogP contribution in [0.2, 0.25) is 5.02 Å². The van der Waals surface area contributed by atoms with Crippen molar-refractivity contribution in [3.8, 4) is 11.5 Å². The highest BCUT2D eigenvalue weighted by Crippen LogP contribution is 2.37. The predicted molar refractivity (Wildman–Crippen MR) is 109 cm³/mol. The maximum Gasteiger partial charge on any atom is 0.280 e. The molecule has 0 unspecified atom stereocenters. The monoisotopic (exact) mass is 384 g/mol. The smallest absolute Gasteiger partial charge is 0.280 e. The van der Waals surface area contributed by atoms with Crippen molar-refractivity contribution in [2.45, 2.75) is 20.8 Å². The summed E-state index contributed by atoms with van der Waals surface area (Å²) in [6.07, 6.45) is 1.77. The number of benzene rings is 2. The fourth-order valence-corrected chi connectivity index (χ4v) is 3.09. The van der Waals surface area contributed by atoms with Crippen LogP contribution in [0.25, 0.3) is 6.08 Å². The lowest BCUT2D eigenvalue weighted by Crippen LogP contribution is -2.21. The standard InChI is InChI=1S/C21H21ClN2O3/c1-4-26-19-13-15(12-18(22)20(19)27-5-2)11-17-14(3)23-24(21(17)25)16-9-7-6-8-10-16/h6-13H,4-5H2,1-3H3. The van der Waals surface area contributed by atoms with Crippen LogP contribution >= 0.6 is 11.6 Å². The quantitative estimate of drug-likeness (QED) is 0.662. The topological polar surface area (TPSA) is 51.1 Å². The SMILES string of the molecule is CCOc1cc(C=C2C(=O)N(c3ccccc3)N=C2C)cc(Cl)c1OCC. The van der Waals surface area contributed by atoms with Crippen LogP contribution in [-0.4, -0.2) is 24.8 Å². The molecule has 0 saturated carbocycles. The molecule has 0 N–H and O–H groups in total. The first kappa shape index (κ1) is 19.0. The fraction of sp³-hybridized carbons (Fsp3) is 0.238. The summed E-state index contributed by atoms with van der Waals surface area (Å²) in [5.41, 5.74) is 2.64. The number of hydrogen-bond acceptors (Lipinski definition) is 4. The molecule has 27 heavy (non-hydrogen) atoms. The van der Waals surface area contributed by atoms with E-state index in [1.165, 1.54) is 5.01 Å². The Morgan fingerprint density at radius 1 is 1.11 bits per heavy atom. The van der Waals surface area contributed by atoms with Gasteiger partial charge in [0.15, 0.2) is 11.5 Å². The molecule has 0 aromatic heterocycles. The molecule has 0 atom stereocenters. The summed E-state index contributed by atoms with van der Waals surface area (Å²) in [6, 6.07) is 12.9. The summed E-state index contributed by atoms with van der Waals surface area (Å²) in [6.45, 7) is 6.56. The van der Waals surface area contributed by atoms with Crippen LogP contribution in [0, 0.1) is 0 Å². The average Bonchev–Trinajstić information content (AvgIpc) is 2.94. The van der Waals surface area contributed by atoms with E-state index in [0.29, 0.717) is 41.0 Å². The zero-order valence-corrected chi connectivity index (χ0v) is 16.3. The number of amides is 1. The average molecular weight is 385 g/mol. The second kappa shape index (κ2) is 8.27. The van der Waals surface area contributed by atoms with E-state index < -0.39 is 0 Å². The van der Waals surface area contributed by atoms with E-state index >= 15 is 0 Å². The third-order valence-electron chi connectivity index (χ3n) is 3.99. The molecule has 2 aromatic carbocycles. The molecule has 1 heterocycles. The Labute approximate surface area is 163 Å². The van der Waals surface area contributed by atoms with Crippen LogP contribution < -0.4 is 14.5 Å². The first-order valence-electron chi connectivity index (χ1n) is 8.81. The van der Waals surface area contributed by atoms with Gasteiger partial charge >= 0.3 is 0 Å². The van der Waals surface area contributed by atoms with E-state index in [-0.39, 0.29) is 5.91 Å². The molecule has 1 amide bonds. The van der Waals surface area contributed by atoms with Gasteiger partial charge in [-0.15, -0.1) is 0 Å². The highest BCUT2D eigenvalue weighted by atomic mass is 35.5. The number of carbonyl (C=O) groups excluding carboxylic acids is 1. The molecule has 0 radical (unpaired) electrons.